The fourth-order valence-electron chi connectivity index (χ4n) is 6.88. The zero-order valence-corrected chi connectivity index (χ0v) is 21.3. The number of phenols is 1. The molecule has 1 aliphatic heterocycles. The van der Waals surface area contributed by atoms with Gasteiger partial charge in [0, 0.05) is 24.5 Å². The number of hydrogen-bond donors (Lipinski definition) is 5. The van der Waals surface area contributed by atoms with Crippen molar-refractivity contribution in [1.82, 2.24) is 4.90 Å². The molecule has 6 rings (SSSR count). The number of aliphatic hydroxyl groups excluding tert-OH is 2. The molecule has 6 N–H and O–H groups in total. The van der Waals surface area contributed by atoms with Gasteiger partial charge in [0.25, 0.3) is 5.91 Å². The van der Waals surface area contributed by atoms with Crippen LogP contribution in [-0.2, 0) is 27.3 Å². The fourth-order valence-corrected chi connectivity index (χ4v) is 6.88. The molecular weight excluding hydrogens is 500 g/mol. The summed E-state index contributed by atoms with van der Waals surface area (Å²) in [5, 5.41) is 44.1. The molecule has 202 valence electrons. The first-order valence-electron chi connectivity index (χ1n) is 13.2. The van der Waals surface area contributed by atoms with E-state index in [1.807, 2.05) is 12.1 Å². The average molecular weight is 531 g/mol. The highest BCUT2D eigenvalue weighted by molar-refractivity contribution is 6.22. The lowest BCUT2D eigenvalue weighted by atomic mass is 9.59. The van der Waals surface area contributed by atoms with Gasteiger partial charge in [-0.1, -0.05) is 30.3 Å². The van der Waals surface area contributed by atoms with Gasteiger partial charge in [-0.2, -0.15) is 0 Å². The summed E-state index contributed by atoms with van der Waals surface area (Å²) >= 11 is 0. The van der Waals surface area contributed by atoms with E-state index in [2.05, 4.69) is 17.0 Å². The number of Topliss-reactive ketones (excluding diaryl/α,β-unsaturated/α-hetero) is 2. The van der Waals surface area contributed by atoms with Gasteiger partial charge in [-0.25, -0.2) is 0 Å². The summed E-state index contributed by atoms with van der Waals surface area (Å²) in [5.41, 5.74) is 5.39. The summed E-state index contributed by atoms with van der Waals surface area (Å²) in [5.74, 6) is -6.29. The first-order valence-corrected chi connectivity index (χ1v) is 13.2. The summed E-state index contributed by atoms with van der Waals surface area (Å²) < 4.78 is 0. The van der Waals surface area contributed by atoms with Crippen LogP contribution < -0.4 is 5.73 Å². The number of carbonyl (C=O) groups excluding carboxylic acids is 3. The second-order valence-corrected chi connectivity index (χ2v) is 11.1. The topological polar surface area (TPSA) is 161 Å². The lowest BCUT2D eigenvalue weighted by Crippen LogP contribution is -2.58. The molecule has 1 heterocycles. The normalized spacial score (nSPS) is 26.9. The van der Waals surface area contributed by atoms with E-state index in [9.17, 15) is 34.8 Å². The zero-order valence-electron chi connectivity index (χ0n) is 21.3. The van der Waals surface area contributed by atoms with Crippen LogP contribution in [0.15, 0.2) is 53.3 Å². The predicted molar refractivity (Wildman–Crippen MR) is 141 cm³/mol. The van der Waals surface area contributed by atoms with Gasteiger partial charge in [0.05, 0.1) is 5.56 Å². The van der Waals surface area contributed by atoms with E-state index < -0.39 is 52.0 Å². The molecule has 4 aliphatic rings. The highest BCUT2D eigenvalue weighted by Gasteiger charge is 2.60. The zero-order chi connectivity index (χ0) is 27.6. The molecule has 3 aliphatic carbocycles. The number of primary amides is 1. The molecule has 0 aromatic heterocycles. The number of likely N-dealkylation sites (tertiary alicyclic amines) is 1. The van der Waals surface area contributed by atoms with Crippen LogP contribution in [0, 0.1) is 11.8 Å². The van der Waals surface area contributed by atoms with Crippen LogP contribution >= 0.6 is 0 Å². The number of carbonyl (C=O) groups is 3. The third kappa shape index (κ3) is 3.79. The van der Waals surface area contributed by atoms with E-state index in [4.69, 9.17) is 5.73 Å². The van der Waals surface area contributed by atoms with Crippen molar-refractivity contribution in [2.24, 2.45) is 17.6 Å². The summed E-state index contributed by atoms with van der Waals surface area (Å²) in [7, 11) is 0. The van der Waals surface area contributed by atoms with Crippen LogP contribution in [0.3, 0.4) is 0 Å². The Labute approximate surface area is 224 Å². The van der Waals surface area contributed by atoms with Crippen LogP contribution in [0.2, 0.25) is 0 Å². The van der Waals surface area contributed by atoms with Gasteiger partial charge in [0.2, 0.25) is 5.78 Å². The largest absolute Gasteiger partial charge is 0.508 e. The maximum atomic E-state index is 13.7. The van der Waals surface area contributed by atoms with Crippen LogP contribution in [-0.4, -0.2) is 61.5 Å². The number of amides is 1. The van der Waals surface area contributed by atoms with Crippen molar-refractivity contribution < 1.29 is 34.8 Å². The molecule has 1 amide bonds. The van der Waals surface area contributed by atoms with Gasteiger partial charge >= 0.3 is 0 Å². The Balaban J connectivity index is 1.41. The van der Waals surface area contributed by atoms with E-state index in [-0.39, 0.29) is 36.1 Å². The molecule has 0 spiro atoms. The Hall–Kier alpha value is -3.95. The number of benzene rings is 2. The summed E-state index contributed by atoms with van der Waals surface area (Å²) in [6, 6.07) is 11.4. The van der Waals surface area contributed by atoms with E-state index in [0.29, 0.717) is 5.56 Å². The fraction of sp³-hybridized carbons (Fsp3) is 0.367. The third-order valence-corrected chi connectivity index (χ3v) is 8.82. The molecule has 1 saturated heterocycles. The summed E-state index contributed by atoms with van der Waals surface area (Å²) in [4.78, 5) is 40.4. The molecule has 2 fully saturated rings. The first kappa shape index (κ1) is 25.3. The number of aliphatic hydroxyl groups is 3. The molecule has 0 radical (unpaired) electrons. The van der Waals surface area contributed by atoms with Crippen LogP contribution in [0.4, 0.5) is 0 Å². The Kier molecular flexibility index (Phi) is 5.89. The Morgan fingerprint density at radius 2 is 1.69 bits per heavy atom. The lowest BCUT2D eigenvalue weighted by Gasteiger charge is -2.46. The van der Waals surface area contributed by atoms with Crippen LogP contribution in [0.5, 0.6) is 5.75 Å². The SMILES string of the molecule is NC(=O)C1=C(O)C2(O)C(=O)C3=C(O)c4c(O)ccc(-c5ccc(CN6CCCC6)cc5)c4CC3CC2CC1=O. The standard InChI is InChI=1S/C30H30N2O7/c31-29(38)25-22(34)13-18-11-17-12-20-19(16-5-3-15(4-6-16)14-32-9-1-2-10-32)7-8-21(33)24(20)26(35)23(17)27(36)30(18,39)28(25)37/h3-8,17-18,33,35,37,39H,1-2,9-14H2,(H2,31,38). The number of fused-ring (bicyclic) bond motifs is 3. The van der Waals surface area contributed by atoms with E-state index in [0.717, 1.165) is 30.8 Å². The second kappa shape index (κ2) is 9.07. The molecule has 1 saturated carbocycles. The van der Waals surface area contributed by atoms with E-state index in [1.54, 1.807) is 6.07 Å². The molecule has 2 aromatic rings. The van der Waals surface area contributed by atoms with Gasteiger partial charge in [-0.15, -0.1) is 0 Å². The lowest BCUT2D eigenvalue weighted by molar-refractivity contribution is -0.147. The van der Waals surface area contributed by atoms with Crippen molar-refractivity contribution in [3.05, 3.63) is 70.0 Å². The maximum absolute atomic E-state index is 13.7. The van der Waals surface area contributed by atoms with E-state index in [1.165, 1.54) is 24.5 Å². The molecule has 0 bridgehead atoms. The Morgan fingerprint density at radius 3 is 2.36 bits per heavy atom. The molecule has 2 aromatic carbocycles. The summed E-state index contributed by atoms with van der Waals surface area (Å²) in [6.07, 6.45) is 2.47. The quantitative estimate of drug-likeness (QED) is 0.377. The number of rotatable bonds is 4. The number of phenolic OH excluding ortho intramolecular Hbond substituents is 1. The van der Waals surface area contributed by atoms with Crippen molar-refractivity contribution in [3.8, 4) is 16.9 Å². The minimum atomic E-state index is -2.56. The predicted octanol–water partition coefficient (Wildman–Crippen LogP) is 2.69. The molecule has 9 nitrogen and oxygen atoms in total. The van der Waals surface area contributed by atoms with Crippen molar-refractivity contribution in [2.45, 2.75) is 44.2 Å². The third-order valence-electron chi connectivity index (χ3n) is 8.82. The number of hydrogen-bond acceptors (Lipinski definition) is 8. The number of nitrogens with zero attached hydrogens (tertiary/aromatic N) is 1. The van der Waals surface area contributed by atoms with Crippen molar-refractivity contribution >= 4 is 23.2 Å². The second-order valence-electron chi connectivity index (χ2n) is 11.1. The Bertz CT molecular complexity index is 1480. The molecule has 3 atom stereocenters. The van der Waals surface area contributed by atoms with Gasteiger partial charge in [-0.3, -0.25) is 19.3 Å². The highest BCUT2D eigenvalue weighted by atomic mass is 16.3. The van der Waals surface area contributed by atoms with Gasteiger partial charge in [-0.05, 0) is 73.0 Å². The van der Waals surface area contributed by atoms with Gasteiger partial charge < -0.3 is 26.2 Å². The smallest absolute Gasteiger partial charge is 0.255 e. The van der Waals surface area contributed by atoms with E-state index >= 15 is 0 Å². The minimum absolute atomic E-state index is 0.0979. The van der Waals surface area contributed by atoms with Gasteiger partial charge in [0.15, 0.2) is 11.4 Å². The number of aromatic hydroxyl groups is 1. The number of nitrogens with two attached hydrogens (primary N) is 1. The van der Waals surface area contributed by atoms with Crippen LogP contribution in [0.1, 0.15) is 42.4 Å². The molecule has 39 heavy (non-hydrogen) atoms. The monoisotopic (exact) mass is 530 g/mol. The summed E-state index contributed by atoms with van der Waals surface area (Å²) in [6.45, 7) is 3.08. The van der Waals surface area contributed by atoms with Crippen molar-refractivity contribution in [2.75, 3.05) is 13.1 Å². The average Bonchev–Trinajstić information content (AvgIpc) is 3.40. The molecular formula is C30H30N2O7. The Morgan fingerprint density at radius 1 is 1.00 bits per heavy atom. The van der Waals surface area contributed by atoms with Crippen LogP contribution in [0.25, 0.3) is 16.9 Å². The maximum Gasteiger partial charge on any atom is 0.255 e. The minimum Gasteiger partial charge on any atom is -0.508 e. The highest BCUT2D eigenvalue weighted by Crippen LogP contribution is 2.53. The first-order chi connectivity index (χ1) is 18.6. The van der Waals surface area contributed by atoms with Crippen molar-refractivity contribution in [1.29, 1.82) is 0 Å². The number of ketones is 2. The van der Waals surface area contributed by atoms with Crippen molar-refractivity contribution in [3.63, 3.8) is 0 Å². The molecule has 9 heteroatoms. The molecule has 3 unspecified atom stereocenters. The van der Waals surface area contributed by atoms with Gasteiger partial charge in [0.1, 0.15) is 22.8 Å².